The second kappa shape index (κ2) is 7.59. The number of rotatable bonds is 6. The van der Waals surface area contributed by atoms with Crippen molar-refractivity contribution in [3.05, 3.63) is 41.8 Å². The maximum atomic E-state index is 4.54. The molecule has 4 rings (SSSR count). The molecule has 0 saturated carbocycles. The Hall–Kier alpha value is -2.55. The van der Waals surface area contributed by atoms with Crippen molar-refractivity contribution in [2.45, 2.75) is 52.2 Å². The van der Waals surface area contributed by atoms with E-state index in [0.717, 1.165) is 56.4 Å². The van der Waals surface area contributed by atoms with Crippen LogP contribution in [0.4, 0.5) is 0 Å². The van der Waals surface area contributed by atoms with E-state index >= 15 is 0 Å². The Morgan fingerprint density at radius 3 is 2.59 bits per heavy atom. The van der Waals surface area contributed by atoms with Crippen molar-refractivity contribution in [3.8, 4) is 0 Å². The number of piperidine rings is 1. The zero-order valence-electron chi connectivity index (χ0n) is 16.3. The van der Waals surface area contributed by atoms with E-state index in [4.69, 9.17) is 0 Å². The highest BCUT2D eigenvalue weighted by Gasteiger charge is 2.26. The second-order valence-electron chi connectivity index (χ2n) is 7.28. The lowest BCUT2D eigenvalue weighted by molar-refractivity contribution is 0.199. The van der Waals surface area contributed by atoms with Gasteiger partial charge in [-0.25, -0.2) is 9.67 Å². The van der Waals surface area contributed by atoms with E-state index < -0.39 is 0 Å². The van der Waals surface area contributed by atoms with E-state index in [2.05, 4.69) is 54.9 Å². The summed E-state index contributed by atoms with van der Waals surface area (Å²) in [6, 6.07) is 0. The molecule has 0 bridgehead atoms. The molecular formula is C18H27N9. The van der Waals surface area contributed by atoms with Gasteiger partial charge < -0.3 is 4.57 Å². The molecule has 0 aliphatic carbocycles. The highest BCUT2D eigenvalue weighted by atomic mass is 15.4. The van der Waals surface area contributed by atoms with Crippen LogP contribution in [-0.2, 0) is 26.7 Å². The molecule has 0 N–H and O–H groups in total. The monoisotopic (exact) mass is 369 g/mol. The summed E-state index contributed by atoms with van der Waals surface area (Å²) in [6.45, 7) is 8.86. The fourth-order valence-electron chi connectivity index (χ4n) is 3.97. The number of likely N-dealkylation sites (tertiary alicyclic amines) is 1. The smallest absolute Gasteiger partial charge is 0.154 e. The van der Waals surface area contributed by atoms with Gasteiger partial charge in [-0.05, 0) is 39.8 Å². The normalized spacial score (nSPS) is 16.3. The van der Waals surface area contributed by atoms with Crippen molar-refractivity contribution in [1.82, 2.24) is 44.2 Å². The Morgan fingerprint density at radius 1 is 1.15 bits per heavy atom. The molecule has 1 fully saturated rings. The maximum absolute atomic E-state index is 4.54. The Labute approximate surface area is 159 Å². The van der Waals surface area contributed by atoms with Crippen molar-refractivity contribution in [1.29, 1.82) is 0 Å². The first-order valence-corrected chi connectivity index (χ1v) is 9.60. The van der Waals surface area contributed by atoms with Crippen LogP contribution in [0.1, 0.15) is 48.6 Å². The summed E-state index contributed by atoms with van der Waals surface area (Å²) in [5.74, 6) is 2.53. The van der Waals surface area contributed by atoms with Gasteiger partial charge in [-0.3, -0.25) is 9.58 Å². The number of hydrogen-bond acceptors (Lipinski definition) is 6. The third kappa shape index (κ3) is 3.78. The number of aromatic nitrogens is 8. The minimum absolute atomic E-state index is 0.466. The van der Waals surface area contributed by atoms with Crippen molar-refractivity contribution >= 4 is 0 Å². The molecule has 9 heteroatoms. The summed E-state index contributed by atoms with van der Waals surface area (Å²) in [5.41, 5.74) is 2.45. The molecule has 3 aromatic heterocycles. The van der Waals surface area contributed by atoms with Gasteiger partial charge in [0.15, 0.2) is 5.82 Å². The molecule has 144 valence electrons. The fraction of sp³-hybridized carbons (Fsp3) is 0.611. The summed E-state index contributed by atoms with van der Waals surface area (Å²) >= 11 is 0. The first-order chi connectivity index (χ1) is 13.1. The van der Waals surface area contributed by atoms with Crippen molar-refractivity contribution in [2.75, 3.05) is 13.1 Å². The van der Waals surface area contributed by atoms with Crippen LogP contribution < -0.4 is 0 Å². The third-order valence-electron chi connectivity index (χ3n) is 5.40. The highest BCUT2D eigenvalue weighted by molar-refractivity contribution is 5.15. The zero-order chi connectivity index (χ0) is 18.8. The Kier molecular flexibility index (Phi) is 5.02. The van der Waals surface area contributed by atoms with Crippen LogP contribution in [0.15, 0.2) is 18.9 Å². The van der Waals surface area contributed by atoms with Gasteiger partial charge in [0, 0.05) is 37.8 Å². The molecule has 1 aliphatic rings. The van der Waals surface area contributed by atoms with Gasteiger partial charge in [0.25, 0.3) is 0 Å². The predicted octanol–water partition coefficient (Wildman–Crippen LogP) is 1.36. The number of hydrogen-bond donors (Lipinski definition) is 0. The summed E-state index contributed by atoms with van der Waals surface area (Å²) < 4.78 is 5.93. The summed E-state index contributed by atoms with van der Waals surface area (Å²) in [4.78, 5) is 6.52. The minimum Gasteiger partial charge on any atom is -0.313 e. The van der Waals surface area contributed by atoms with Crippen LogP contribution in [0.2, 0.25) is 0 Å². The van der Waals surface area contributed by atoms with E-state index in [1.807, 2.05) is 11.7 Å². The van der Waals surface area contributed by atoms with Crippen LogP contribution in [0.5, 0.6) is 0 Å². The topological polar surface area (TPSA) is 82.5 Å². The van der Waals surface area contributed by atoms with Gasteiger partial charge in [-0.15, -0.1) is 10.2 Å². The molecule has 0 radical (unpaired) electrons. The molecule has 1 saturated heterocycles. The zero-order valence-corrected chi connectivity index (χ0v) is 16.3. The molecule has 0 unspecified atom stereocenters. The Morgan fingerprint density at radius 2 is 1.96 bits per heavy atom. The van der Waals surface area contributed by atoms with E-state index in [1.54, 1.807) is 17.3 Å². The lowest BCUT2D eigenvalue weighted by atomic mass is 9.95. The second-order valence-corrected chi connectivity index (χ2v) is 7.28. The summed E-state index contributed by atoms with van der Waals surface area (Å²) in [5, 5.41) is 17.6. The van der Waals surface area contributed by atoms with Crippen LogP contribution in [-0.4, -0.2) is 57.3 Å². The quantitative estimate of drug-likeness (QED) is 0.652. The summed E-state index contributed by atoms with van der Waals surface area (Å²) in [6.07, 6.45) is 7.62. The van der Waals surface area contributed by atoms with Gasteiger partial charge in [-0.2, -0.15) is 10.2 Å². The molecule has 3 aromatic rings. The molecule has 4 heterocycles. The molecule has 1 aliphatic heterocycles. The van der Waals surface area contributed by atoms with E-state index in [1.165, 1.54) is 5.56 Å². The average Bonchev–Trinajstić information content (AvgIpc) is 3.38. The van der Waals surface area contributed by atoms with E-state index in [9.17, 15) is 0 Å². The molecule has 0 aromatic carbocycles. The van der Waals surface area contributed by atoms with Crippen LogP contribution >= 0.6 is 0 Å². The average molecular weight is 369 g/mol. The van der Waals surface area contributed by atoms with Gasteiger partial charge in [0.1, 0.15) is 25.0 Å². The number of aryl methyl sites for hydroxylation is 2. The standard InChI is InChI=1S/C18H27N9/c1-4-27-17(11-26-13-19-12-20-26)21-22-18(27)15-5-7-25(8-6-15)10-16-9-24(3)23-14(16)2/h9,12-13,15H,4-8,10-11H2,1-3H3. The van der Waals surface area contributed by atoms with Crippen LogP contribution in [0, 0.1) is 6.92 Å². The van der Waals surface area contributed by atoms with E-state index in [-0.39, 0.29) is 0 Å². The minimum atomic E-state index is 0.466. The van der Waals surface area contributed by atoms with Crippen molar-refractivity contribution in [3.63, 3.8) is 0 Å². The van der Waals surface area contributed by atoms with Crippen molar-refractivity contribution in [2.24, 2.45) is 7.05 Å². The van der Waals surface area contributed by atoms with Crippen LogP contribution in [0.3, 0.4) is 0 Å². The predicted molar refractivity (Wildman–Crippen MR) is 100 cm³/mol. The number of nitrogens with zero attached hydrogens (tertiary/aromatic N) is 9. The Bertz CT molecular complexity index is 869. The molecule has 27 heavy (non-hydrogen) atoms. The van der Waals surface area contributed by atoms with E-state index in [0.29, 0.717) is 12.5 Å². The summed E-state index contributed by atoms with van der Waals surface area (Å²) in [7, 11) is 1.98. The molecule has 0 spiro atoms. The molecule has 0 amide bonds. The lowest BCUT2D eigenvalue weighted by Crippen LogP contribution is -2.33. The van der Waals surface area contributed by atoms with Crippen molar-refractivity contribution < 1.29 is 0 Å². The third-order valence-corrected chi connectivity index (χ3v) is 5.40. The Balaban J connectivity index is 1.40. The van der Waals surface area contributed by atoms with Crippen LogP contribution in [0.25, 0.3) is 0 Å². The maximum Gasteiger partial charge on any atom is 0.154 e. The SMILES string of the molecule is CCn1c(Cn2cncn2)nnc1C1CCN(Cc2cn(C)nc2C)CC1. The van der Waals surface area contributed by atoms with Gasteiger partial charge in [-0.1, -0.05) is 0 Å². The molecular weight excluding hydrogens is 342 g/mol. The molecule has 0 atom stereocenters. The molecule has 9 nitrogen and oxygen atoms in total. The first-order valence-electron chi connectivity index (χ1n) is 9.60. The fourth-order valence-corrected chi connectivity index (χ4v) is 3.97. The van der Waals surface area contributed by atoms with Gasteiger partial charge in [0.2, 0.25) is 0 Å². The largest absolute Gasteiger partial charge is 0.313 e. The lowest BCUT2D eigenvalue weighted by Gasteiger charge is -2.31. The van der Waals surface area contributed by atoms with Gasteiger partial charge >= 0.3 is 0 Å². The first kappa shape index (κ1) is 17.8. The highest BCUT2D eigenvalue weighted by Crippen LogP contribution is 2.28. The van der Waals surface area contributed by atoms with Gasteiger partial charge in [0.05, 0.1) is 5.69 Å².